The molecule has 0 spiro atoms. The van der Waals surface area contributed by atoms with Crippen LogP contribution in [0.5, 0.6) is 0 Å². The average Bonchev–Trinajstić information content (AvgIpc) is 3.03. The minimum absolute atomic E-state index is 0.00594. The second-order valence-corrected chi connectivity index (χ2v) is 4.88. The van der Waals surface area contributed by atoms with Crippen LogP contribution in [-0.2, 0) is 17.9 Å². The molecule has 0 aliphatic carbocycles. The van der Waals surface area contributed by atoms with Crippen molar-refractivity contribution in [1.29, 1.82) is 5.26 Å². The van der Waals surface area contributed by atoms with E-state index >= 15 is 0 Å². The Morgan fingerprint density at radius 3 is 2.86 bits per heavy atom. The molecule has 0 bridgehead atoms. The molecule has 2 aromatic rings. The summed E-state index contributed by atoms with van der Waals surface area (Å²) in [5.41, 5.74) is 0.950. The van der Waals surface area contributed by atoms with Gasteiger partial charge in [-0.3, -0.25) is 4.79 Å². The minimum atomic E-state index is -0.461. The van der Waals surface area contributed by atoms with Crippen molar-refractivity contribution in [2.45, 2.75) is 13.1 Å². The van der Waals surface area contributed by atoms with Gasteiger partial charge in [0.1, 0.15) is 17.4 Å². The molecule has 1 amide bonds. The summed E-state index contributed by atoms with van der Waals surface area (Å²) in [6.45, 7) is 0.705. The summed E-state index contributed by atoms with van der Waals surface area (Å²) in [7, 11) is 0. The molecule has 1 aromatic heterocycles. The molecular formula is C16H14ClN3O2. The first-order valence-electron chi connectivity index (χ1n) is 6.57. The number of benzene rings is 1. The van der Waals surface area contributed by atoms with Crippen molar-refractivity contribution in [2.24, 2.45) is 0 Å². The lowest BCUT2D eigenvalue weighted by atomic mass is 10.2. The summed E-state index contributed by atoms with van der Waals surface area (Å²) in [5.74, 6) is 0.162. The minimum Gasteiger partial charge on any atom is -0.467 e. The first-order valence-corrected chi connectivity index (χ1v) is 6.95. The SMILES string of the molecule is N#C/C(=C/NCc1cccc(Cl)c1)C(=O)NCc1ccco1. The predicted octanol–water partition coefficient (Wildman–Crippen LogP) is 2.75. The largest absolute Gasteiger partial charge is 0.467 e. The van der Waals surface area contributed by atoms with E-state index < -0.39 is 5.91 Å². The molecular weight excluding hydrogens is 302 g/mol. The number of halogens is 1. The Balaban J connectivity index is 1.87. The lowest BCUT2D eigenvalue weighted by molar-refractivity contribution is -0.117. The first-order chi connectivity index (χ1) is 10.7. The fraction of sp³-hybridized carbons (Fsp3) is 0.125. The van der Waals surface area contributed by atoms with Gasteiger partial charge < -0.3 is 15.1 Å². The van der Waals surface area contributed by atoms with Crippen LogP contribution in [0.25, 0.3) is 0 Å². The number of carbonyl (C=O) groups excluding carboxylic acids is 1. The summed E-state index contributed by atoms with van der Waals surface area (Å²) < 4.78 is 5.10. The third-order valence-electron chi connectivity index (χ3n) is 2.81. The van der Waals surface area contributed by atoms with Crippen molar-refractivity contribution in [3.8, 4) is 6.07 Å². The zero-order valence-electron chi connectivity index (χ0n) is 11.7. The molecule has 0 aliphatic rings. The fourth-order valence-electron chi connectivity index (χ4n) is 1.74. The molecule has 0 saturated carbocycles. The van der Waals surface area contributed by atoms with Gasteiger partial charge in [-0.05, 0) is 29.8 Å². The van der Waals surface area contributed by atoms with E-state index in [9.17, 15) is 4.79 Å². The molecule has 112 valence electrons. The molecule has 1 heterocycles. The number of hydrogen-bond acceptors (Lipinski definition) is 4. The Kier molecular flexibility index (Phi) is 5.64. The number of nitriles is 1. The van der Waals surface area contributed by atoms with Gasteiger partial charge in [0.15, 0.2) is 0 Å². The highest BCUT2D eigenvalue weighted by molar-refractivity contribution is 6.30. The van der Waals surface area contributed by atoms with Crippen molar-refractivity contribution < 1.29 is 9.21 Å². The van der Waals surface area contributed by atoms with E-state index in [1.165, 1.54) is 12.5 Å². The van der Waals surface area contributed by atoms with Gasteiger partial charge in [0, 0.05) is 17.8 Å². The quantitative estimate of drug-likeness (QED) is 0.634. The van der Waals surface area contributed by atoms with Crippen LogP contribution in [-0.4, -0.2) is 5.91 Å². The molecule has 0 radical (unpaired) electrons. The van der Waals surface area contributed by atoms with Gasteiger partial charge in [-0.25, -0.2) is 0 Å². The van der Waals surface area contributed by atoms with Crippen LogP contribution in [0.15, 0.2) is 58.9 Å². The predicted molar refractivity (Wildman–Crippen MR) is 82.5 cm³/mol. The summed E-state index contributed by atoms with van der Waals surface area (Å²) in [5, 5.41) is 15.2. The normalized spacial score (nSPS) is 10.8. The van der Waals surface area contributed by atoms with Crippen molar-refractivity contribution in [2.75, 3.05) is 0 Å². The standard InChI is InChI=1S/C16H14ClN3O2/c17-14-4-1-3-12(7-14)9-19-10-13(8-18)16(21)20-11-15-5-2-6-22-15/h1-7,10,19H,9,11H2,(H,20,21)/b13-10-. The Morgan fingerprint density at radius 2 is 2.18 bits per heavy atom. The first kappa shape index (κ1) is 15.7. The highest BCUT2D eigenvalue weighted by Crippen LogP contribution is 2.10. The van der Waals surface area contributed by atoms with E-state index in [0.29, 0.717) is 17.3 Å². The molecule has 2 N–H and O–H groups in total. The Labute approximate surface area is 133 Å². The number of amides is 1. The topological polar surface area (TPSA) is 78.1 Å². The zero-order chi connectivity index (χ0) is 15.8. The van der Waals surface area contributed by atoms with Gasteiger partial charge >= 0.3 is 0 Å². The molecule has 0 saturated heterocycles. The van der Waals surface area contributed by atoms with Gasteiger partial charge in [-0.1, -0.05) is 23.7 Å². The van der Waals surface area contributed by atoms with Crippen LogP contribution in [0.2, 0.25) is 5.02 Å². The second-order valence-electron chi connectivity index (χ2n) is 4.44. The molecule has 1 aromatic carbocycles. The Bertz CT molecular complexity index is 702. The second kappa shape index (κ2) is 7.91. The molecule has 0 unspecified atom stereocenters. The van der Waals surface area contributed by atoms with Crippen LogP contribution in [0.4, 0.5) is 0 Å². The van der Waals surface area contributed by atoms with Crippen molar-refractivity contribution in [3.63, 3.8) is 0 Å². The van der Waals surface area contributed by atoms with Gasteiger partial charge in [-0.2, -0.15) is 5.26 Å². The van der Waals surface area contributed by atoms with Crippen LogP contribution in [0.1, 0.15) is 11.3 Å². The van der Waals surface area contributed by atoms with E-state index in [-0.39, 0.29) is 12.1 Å². The molecule has 0 aliphatic heterocycles. The summed E-state index contributed by atoms with van der Waals surface area (Å²) in [6, 6.07) is 12.7. The number of hydrogen-bond donors (Lipinski definition) is 2. The maximum atomic E-state index is 11.9. The third kappa shape index (κ3) is 4.69. The van der Waals surface area contributed by atoms with Crippen LogP contribution < -0.4 is 10.6 Å². The van der Waals surface area contributed by atoms with E-state index in [4.69, 9.17) is 21.3 Å². The number of rotatable bonds is 6. The van der Waals surface area contributed by atoms with Gasteiger partial charge in [0.2, 0.25) is 0 Å². The smallest absolute Gasteiger partial charge is 0.263 e. The molecule has 22 heavy (non-hydrogen) atoms. The zero-order valence-corrected chi connectivity index (χ0v) is 12.4. The summed E-state index contributed by atoms with van der Waals surface area (Å²) >= 11 is 5.89. The molecule has 6 heteroatoms. The van der Waals surface area contributed by atoms with Crippen molar-refractivity contribution in [1.82, 2.24) is 10.6 Å². The van der Waals surface area contributed by atoms with E-state index in [1.807, 2.05) is 24.3 Å². The molecule has 5 nitrogen and oxygen atoms in total. The lowest BCUT2D eigenvalue weighted by Crippen LogP contribution is -2.25. The van der Waals surface area contributed by atoms with Crippen LogP contribution in [0, 0.1) is 11.3 Å². The molecule has 2 rings (SSSR count). The van der Waals surface area contributed by atoms with Gasteiger partial charge in [0.25, 0.3) is 5.91 Å². The number of nitrogens with zero attached hydrogens (tertiary/aromatic N) is 1. The monoisotopic (exact) mass is 315 g/mol. The summed E-state index contributed by atoms with van der Waals surface area (Å²) in [6.07, 6.45) is 2.91. The lowest BCUT2D eigenvalue weighted by Gasteiger charge is -2.04. The van der Waals surface area contributed by atoms with E-state index in [0.717, 1.165) is 5.56 Å². The highest BCUT2D eigenvalue weighted by Gasteiger charge is 2.08. The van der Waals surface area contributed by atoms with Gasteiger partial charge in [-0.15, -0.1) is 0 Å². The third-order valence-corrected chi connectivity index (χ3v) is 3.05. The van der Waals surface area contributed by atoms with Crippen LogP contribution >= 0.6 is 11.6 Å². The molecule has 0 atom stereocenters. The number of carbonyl (C=O) groups is 1. The summed E-state index contributed by atoms with van der Waals surface area (Å²) in [4.78, 5) is 11.9. The van der Waals surface area contributed by atoms with Gasteiger partial charge in [0.05, 0.1) is 12.8 Å². The fourth-order valence-corrected chi connectivity index (χ4v) is 1.96. The van der Waals surface area contributed by atoms with Crippen LogP contribution in [0.3, 0.4) is 0 Å². The maximum Gasteiger partial charge on any atom is 0.263 e. The van der Waals surface area contributed by atoms with E-state index in [1.54, 1.807) is 18.2 Å². The van der Waals surface area contributed by atoms with Crippen molar-refractivity contribution in [3.05, 3.63) is 70.8 Å². The van der Waals surface area contributed by atoms with Crippen molar-refractivity contribution >= 4 is 17.5 Å². The number of nitrogens with one attached hydrogen (secondary N) is 2. The maximum absolute atomic E-state index is 11.9. The number of furan rings is 1. The Morgan fingerprint density at radius 1 is 1.32 bits per heavy atom. The highest BCUT2D eigenvalue weighted by atomic mass is 35.5. The molecule has 0 fully saturated rings. The Hall–Kier alpha value is -2.71. The van der Waals surface area contributed by atoms with E-state index in [2.05, 4.69) is 10.6 Å². The average molecular weight is 316 g/mol.